The molecule has 1 saturated carbocycles. The monoisotopic (exact) mass is 377 g/mol. The second-order valence-corrected chi connectivity index (χ2v) is 7.41. The largest absolute Gasteiger partial charge is 0.354 e. The van der Waals surface area contributed by atoms with Crippen LogP contribution in [0.25, 0.3) is 16.9 Å². The molecule has 0 aromatic carbocycles. The SMILES string of the molecule is O=c1c(-c2cccnc2)c[nH]n1-c1cc(N2CCN(C3CCC3)CC2)ncn1. The van der Waals surface area contributed by atoms with Crippen molar-refractivity contribution in [2.45, 2.75) is 25.3 Å². The summed E-state index contributed by atoms with van der Waals surface area (Å²) in [6, 6.07) is 6.35. The number of nitrogens with one attached hydrogen (secondary N) is 1. The fourth-order valence-corrected chi connectivity index (χ4v) is 3.97. The summed E-state index contributed by atoms with van der Waals surface area (Å²) in [5, 5.41) is 3.02. The van der Waals surface area contributed by atoms with E-state index in [9.17, 15) is 4.79 Å². The van der Waals surface area contributed by atoms with E-state index in [0.717, 1.165) is 43.6 Å². The van der Waals surface area contributed by atoms with E-state index >= 15 is 0 Å². The molecule has 3 aromatic heterocycles. The van der Waals surface area contributed by atoms with Gasteiger partial charge < -0.3 is 4.90 Å². The molecule has 0 radical (unpaired) electrons. The van der Waals surface area contributed by atoms with Crippen LogP contribution in [0.2, 0.25) is 0 Å². The summed E-state index contributed by atoms with van der Waals surface area (Å²) < 4.78 is 1.46. The van der Waals surface area contributed by atoms with Crippen LogP contribution >= 0.6 is 0 Å². The van der Waals surface area contributed by atoms with Gasteiger partial charge in [0.25, 0.3) is 5.56 Å². The van der Waals surface area contributed by atoms with Crippen LogP contribution in [0.15, 0.2) is 47.9 Å². The van der Waals surface area contributed by atoms with Crippen molar-refractivity contribution in [1.29, 1.82) is 0 Å². The second-order valence-electron chi connectivity index (χ2n) is 7.41. The van der Waals surface area contributed by atoms with E-state index in [1.54, 1.807) is 18.6 Å². The zero-order chi connectivity index (χ0) is 18.9. The topological polar surface area (TPSA) is 82.9 Å². The number of anilines is 1. The first-order valence-electron chi connectivity index (χ1n) is 9.82. The Hall–Kier alpha value is -3.00. The fourth-order valence-electron chi connectivity index (χ4n) is 3.97. The summed E-state index contributed by atoms with van der Waals surface area (Å²) in [5.41, 5.74) is 1.21. The summed E-state index contributed by atoms with van der Waals surface area (Å²) in [6.07, 6.45) is 10.6. The van der Waals surface area contributed by atoms with E-state index in [1.807, 2.05) is 18.2 Å². The maximum atomic E-state index is 12.8. The molecule has 4 heterocycles. The summed E-state index contributed by atoms with van der Waals surface area (Å²) in [4.78, 5) is 30.5. The molecule has 0 unspecified atom stereocenters. The summed E-state index contributed by atoms with van der Waals surface area (Å²) in [6.45, 7) is 4.04. The minimum Gasteiger partial charge on any atom is -0.354 e. The average molecular weight is 377 g/mol. The molecule has 1 aliphatic heterocycles. The Bertz CT molecular complexity index is 1000. The van der Waals surface area contributed by atoms with Gasteiger partial charge in [0.05, 0.1) is 5.56 Å². The quantitative estimate of drug-likeness (QED) is 0.745. The highest BCUT2D eigenvalue weighted by Crippen LogP contribution is 2.26. The van der Waals surface area contributed by atoms with Crippen LogP contribution in [0.1, 0.15) is 19.3 Å². The van der Waals surface area contributed by atoms with Crippen LogP contribution in [-0.4, -0.2) is 61.9 Å². The minimum absolute atomic E-state index is 0.146. The molecule has 5 rings (SSSR count). The predicted octanol–water partition coefficient (Wildman–Crippen LogP) is 1.69. The molecular formula is C20H23N7O. The van der Waals surface area contributed by atoms with Gasteiger partial charge in [-0.25, -0.2) is 14.6 Å². The number of H-pyrrole nitrogens is 1. The maximum absolute atomic E-state index is 12.8. The van der Waals surface area contributed by atoms with E-state index < -0.39 is 0 Å². The third kappa shape index (κ3) is 3.09. The number of aromatic nitrogens is 5. The van der Waals surface area contributed by atoms with Crippen molar-refractivity contribution in [2.24, 2.45) is 0 Å². The molecule has 0 bridgehead atoms. The van der Waals surface area contributed by atoms with Gasteiger partial charge in [0.1, 0.15) is 12.1 Å². The molecule has 1 N–H and O–H groups in total. The zero-order valence-electron chi connectivity index (χ0n) is 15.7. The van der Waals surface area contributed by atoms with Crippen LogP contribution in [-0.2, 0) is 0 Å². The maximum Gasteiger partial charge on any atom is 0.280 e. The second kappa shape index (κ2) is 7.20. The number of hydrogen-bond acceptors (Lipinski definition) is 6. The Morgan fingerprint density at radius 2 is 1.89 bits per heavy atom. The van der Waals surface area contributed by atoms with E-state index in [-0.39, 0.29) is 5.56 Å². The van der Waals surface area contributed by atoms with Crippen LogP contribution in [0, 0.1) is 0 Å². The zero-order valence-corrected chi connectivity index (χ0v) is 15.7. The highest BCUT2D eigenvalue weighted by molar-refractivity contribution is 5.60. The lowest BCUT2D eigenvalue weighted by Gasteiger charge is -2.43. The molecule has 2 aliphatic rings. The Kier molecular flexibility index (Phi) is 4.40. The molecule has 8 heteroatoms. The van der Waals surface area contributed by atoms with Crippen LogP contribution in [0.4, 0.5) is 5.82 Å². The molecule has 0 amide bonds. The van der Waals surface area contributed by atoms with Crippen molar-refractivity contribution in [1.82, 2.24) is 29.6 Å². The van der Waals surface area contributed by atoms with E-state index in [2.05, 4.69) is 29.9 Å². The first-order valence-corrected chi connectivity index (χ1v) is 9.82. The van der Waals surface area contributed by atoms with Crippen molar-refractivity contribution in [3.63, 3.8) is 0 Å². The van der Waals surface area contributed by atoms with Gasteiger partial charge in [0.2, 0.25) is 0 Å². The lowest BCUT2D eigenvalue weighted by Crippen LogP contribution is -2.52. The number of piperazine rings is 1. The molecular weight excluding hydrogens is 354 g/mol. The van der Waals surface area contributed by atoms with Crippen molar-refractivity contribution in [3.05, 3.63) is 53.5 Å². The summed E-state index contributed by atoms with van der Waals surface area (Å²) >= 11 is 0. The molecule has 1 aliphatic carbocycles. The van der Waals surface area contributed by atoms with Gasteiger partial charge in [-0.05, 0) is 18.9 Å². The van der Waals surface area contributed by atoms with Gasteiger partial charge in [-0.3, -0.25) is 19.8 Å². The molecule has 0 atom stereocenters. The van der Waals surface area contributed by atoms with Crippen molar-refractivity contribution < 1.29 is 0 Å². The smallest absolute Gasteiger partial charge is 0.280 e. The normalized spacial score (nSPS) is 18.2. The van der Waals surface area contributed by atoms with Crippen LogP contribution < -0.4 is 10.5 Å². The molecule has 0 spiro atoms. The van der Waals surface area contributed by atoms with Crippen LogP contribution in [0.5, 0.6) is 0 Å². The number of aromatic amines is 1. The molecule has 2 fully saturated rings. The Balaban J connectivity index is 1.37. The lowest BCUT2D eigenvalue weighted by molar-refractivity contribution is 0.120. The number of hydrogen-bond donors (Lipinski definition) is 1. The third-order valence-electron chi connectivity index (χ3n) is 5.84. The van der Waals surface area contributed by atoms with Crippen molar-refractivity contribution >= 4 is 5.82 Å². The van der Waals surface area contributed by atoms with Crippen molar-refractivity contribution in [3.8, 4) is 16.9 Å². The average Bonchev–Trinajstić information content (AvgIpc) is 3.09. The Morgan fingerprint density at radius 1 is 1.07 bits per heavy atom. The third-order valence-corrected chi connectivity index (χ3v) is 5.84. The van der Waals surface area contributed by atoms with Gasteiger partial charge in [0, 0.05) is 62.4 Å². The van der Waals surface area contributed by atoms with Gasteiger partial charge in [0.15, 0.2) is 5.82 Å². The summed E-state index contributed by atoms with van der Waals surface area (Å²) in [5.74, 6) is 1.41. The van der Waals surface area contributed by atoms with Crippen molar-refractivity contribution in [2.75, 3.05) is 31.1 Å². The number of pyridine rings is 1. The van der Waals surface area contributed by atoms with E-state index in [4.69, 9.17) is 0 Å². The molecule has 1 saturated heterocycles. The highest BCUT2D eigenvalue weighted by Gasteiger charge is 2.28. The number of nitrogens with zero attached hydrogens (tertiary/aromatic N) is 6. The Morgan fingerprint density at radius 3 is 2.61 bits per heavy atom. The van der Waals surface area contributed by atoms with E-state index in [0.29, 0.717) is 11.4 Å². The molecule has 3 aromatic rings. The lowest BCUT2D eigenvalue weighted by atomic mass is 9.91. The fraction of sp³-hybridized carbons (Fsp3) is 0.400. The first-order chi connectivity index (χ1) is 13.8. The van der Waals surface area contributed by atoms with E-state index in [1.165, 1.54) is 30.3 Å². The minimum atomic E-state index is -0.146. The van der Waals surface area contributed by atoms with Crippen LogP contribution in [0.3, 0.4) is 0 Å². The predicted molar refractivity (Wildman–Crippen MR) is 107 cm³/mol. The first kappa shape index (κ1) is 17.1. The summed E-state index contributed by atoms with van der Waals surface area (Å²) in [7, 11) is 0. The molecule has 8 nitrogen and oxygen atoms in total. The van der Waals surface area contributed by atoms with Gasteiger partial charge >= 0.3 is 0 Å². The standard InChI is InChI=1S/C20H23N7O/c28-20-17(15-3-2-6-21-12-15)13-24-27(20)19-11-18(22-14-23-19)26-9-7-25(8-10-26)16-4-1-5-16/h2-3,6,11-14,16,24H,1,4-5,7-10H2. The van der Waals surface area contributed by atoms with Gasteiger partial charge in [-0.1, -0.05) is 12.5 Å². The highest BCUT2D eigenvalue weighted by atomic mass is 16.1. The Labute approximate surface area is 162 Å². The number of rotatable bonds is 4. The molecule has 28 heavy (non-hydrogen) atoms. The van der Waals surface area contributed by atoms with Gasteiger partial charge in [-0.15, -0.1) is 0 Å². The van der Waals surface area contributed by atoms with Gasteiger partial charge in [-0.2, -0.15) is 0 Å². The molecule has 144 valence electrons.